The zero-order valence-corrected chi connectivity index (χ0v) is 12.5. The lowest BCUT2D eigenvalue weighted by molar-refractivity contribution is -0.0219. The van der Waals surface area contributed by atoms with E-state index in [0.29, 0.717) is 18.9 Å². The number of sulfonamides is 1. The number of morpholine rings is 1. The van der Waals surface area contributed by atoms with Crippen LogP contribution in [0.25, 0.3) is 0 Å². The molecule has 2 atom stereocenters. The average Bonchev–Trinajstić information content (AvgIpc) is 2.47. The molecule has 1 aliphatic rings. The molecule has 0 amide bonds. The van der Waals surface area contributed by atoms with E-state index in [-0.39, 0.29) is 23.6 Å². The van der Waals surface area contributed by atoms with Gasteiger partial charge in [-0.25, -0.2) is 8.42 Å². The first-order valence-corrected chi connectivity index (χ1v) is 7.90. The second kappa shape index (κ2) is 6.09. The van der Waals surface area contributed by atoms with Gasteiger partial charge in [0, 0.05) is 19.1 Å². The van der Waals surface area contributed by atoms with Gasteiger partial charge in [0.1, 0.15) is 5.75 Å². The summed E-state index contributed by atoms with van der Waals surface area (Å²) in [6, 6.07) is 6.17. The summed E-state index contributed by atoms with van der Waals surface area (Å²) in [5.41, 5.74) is 5.57. The van der Waals surface area contributed by atoms with E-state index in [1.54, 1.807) is 31.4 Å². The molecule has 1 aliphatic heterocycles. The van der Waals surface area contributed by atoms with Gasteiger partial charge in [0.15, 0.2) is 0 Å². The van der Waals surface area contributed by atoms with Crippen LogP contribution in [0.3, 0.4) is 0 Å². The van der Waals surface area contributed by atoms with Crippen LogP contribution in [0.5, 0.6) is 5.75 Å². The van der Waals surface area contributed by atoms with Crippen LogP contribution in [0.2, 0.25) is 0 Å². The predicted molar refractivity (Wildman–Crippen MR) is 75.1 cm³/mol. The number of methoxy groups -OCH3 is 1. The maximum Gasteiger partial charge on any atom is 0.243 e. The summed E-state index contributed by atoms with van der Waals surface area (Å²) in [5, 5.41) is 0. The number of hydrogen-bond donors (Lipinski definition) is 1. The van der Waals surface area contributed by atoms with Crippen LogP contribution in [-0.2, 0) is 14.8 Å². The molecular formula is C13H20N2O4S. The van der Waals surface area contributed by atoms with Crippen LogP contribution in [-0.4, -0.2) is 51.7 Å². The molecular weight excluding hydrogens is 280 g/mol. The summed E-state index contributed by atoms with van der Waals surface area (Å²) in [6.45, 7) is 2.78. The van der Waals surface area contributed by atoms with Gasteiger partial charge in [0.2, 0.25) is 10.0 Å². The van der Waals surface area contributed by atoms with Gasteiger partial charge in [-0.1, -0.05) is 0 Å². The number of nitrogens with zero attached hydrogens (tertiary/aromatic N) is 1. The van der Waals surface area contributed by atoms with Crippen LogP contribution in [0.1, 0.15) is 6.92 Å². The molecule has 1 heterocycles. The minimum atomic E-state index is -3.54. The smallest absolute Gasteiger partial charge is 0.243 e. The zero-order chi connectivity index (χ0) is 14.8. The Bertz CT molecular complexity index is 544. The number of nitrogens with two attached hydrogens (primary N) is 1. The lowest BCUT2D eigenvalue weighted by Gasteiger charge is -2.36. The molecule has 0 saturated carbocycles. The van der Waals surface area contributed by atoms with Crippen molar-refractivity contribution < 1.29 is 17.9 Å². The van der Waals surface area contributed by atoms with Crippen molar-refractivity contribution in [2.45, 2.75) is 24.0 Å². The summed E-state index contributed by atoms with van der Waals surface area (Å²) in [5.74, 6) is 0.624. The third kappa shape index (κ3) is 2.95. The zero-order valence-electron chi connectivity index (χ0n) is 11.7. The largest absolute Gasteiger partial charge is 0.497 e. The van der Waals surface area contributed by atoms with E-state index in [2.05, 4.69) is 0 Å². The molecule has 2 rings (SSSR count). The molecule has 6 nitrogen and oxygen atoms in total. The van der Waals surface area contributed by atoms with Crippen LogP contribution in [0.4, 0.5) is 0 Å². The molecule has 1 aromatic rings. The normalized spacial score (nSPS) is 24.6. The number of rotatable bonds is 4. The van der Waals surface area contributed by atoms with Gasteiger partial charge >= 0.3 is 0 Å². The van der Waals surface area contributed by atoms with Gasteiger partial charge in [0.25, 0.3) is 0 Å². The quantitative estimate of drug-likeness (QED) is 0.872. The standard InChI is InChI=1S/C13H20N2O4S/c1-10-9-19-12(7-14)8-15(10)20(16,17)13-5-3-11(18-2)4-6-13/h3-6,10,12H,7-9,14H2,1-2H3. The van der Waals surface area contributed by atoms with Crippen molar-refractivity contribution in [3.63, 3.8) is 0 Å². The second-order valence-electron chi connectivity index (χ2n) is 4.79. The van der Waals surface area contributed by atoms with Crippen LogP contribution in [0, 0.1) is 0 Å². The molecule has 1 saturated heterocycles. The SMILES string of the molecule is COc1ccc(S(=O)(=O)N2CC(CN)OCC2C)cc1. The maximum absolute atomic E-state index is 12.6. The third-order valence-corrected chi connectivity index (χ3v) is 5.37. The van der Waals surface area contributed by atoms with E-state index >= 15 is 0 Å². The highest BCUT2D eigenvalue weighted by Crippen LogP contribution is 2.24. The van der Waals surface area contributed by atoms with Gasteiger partial charge in [-0.2, -0.15) is 4.31 Å². The fourth-order valence-corrected chi connectivity index (χ4v) is 3.80. The van der Waals surface area contributed by atoms with E-state index in [0.717, 1.165) is 0 Å². The summed E-state index contributed by atoms with van der Waals surface area (Å²) in [4.78, 5) is 0.253. The predicted octanol–water partition coefficient (Wildman–Crippen LogP) is 0.432. The monoisotopic (exact) mass is 300 g/mol. The van der Waals surface area contributed by atoms with Crippen LogP contribution < -0.4 is 10.5 Å². The van der Waals surface area contributed by atoms with Crippen LogP contribution in [0.15, 0.2) is 29.2 Å². The molecule has 7 heteroatoms. The Balaban J connectivity index is 2.27. The molecule has 0 radical (unpaired) electrons. The Morgan fingerprint density at radius 2 is 2.05 bits per heavy atom. The van der Waals surface area contributed by atoms with Gasteiger partial charge < -0.3 is 15.2 Å². The van der Waals surface area contributed by atoms with Crippen molar-refractivity contribution in [1.29, 1.82) is 0 Å². The molecule has 0 aromatic heterocycles. The van der Waals surface area contributed by atoms with Crippen molar-refractivity contribution >= 4 is 10.0 Å². The molecule has 1 aromatic carbocycles. The summed E-state index contributed by atoms with van der Waals surface area (Å²) >= 11 is 0. The molecule has 2 unspecified atom stereocenters. The van der Waals surface area contributed by atoms with Gasteiger partial charge in [-0.05, 0) is 31.2 Å². The van der Waals surface area contributed by atoms with E-state index in [1.807, 2.05) is 6.92 Å². The van der Waals surface area contributed by atoms with Crippen LogP contribution >= 0.6 is 0 Å². The first-order chi connectivity index (χ1) is 9.48. The first kappa shape index (κ1) is 15.2. The van der Waals surface area contributed by atoms with E-state index in [1.165, 1.54) is 4.31 Å². The fourth-order valence-electron chi connectivity index (χ4n) is 2.15. The molecule has 20 heavy (non-hydrogen) atoms. The first-order valence-electron chi connectivity index (χ1n) is 6.46. The Morgan fingerprint density at radius 3 is 2.60 bits per heavy atom. The lowest BCUT2D eigenvalue weighted by Crippen LogP contribution is -2.52. The molecule has 0 bridgehead atoms. The number of benzene rings is 1. The highest BCUT2D eigenvalue weighted by atomic mass is 32.2. The minimum Gasteiger partial charge on any atom is -0.497 e. The Labute approximate surface area is 119 Å². The van der Waals surface area contributed by atoms with Crippen molar-refractivity contribution in [1.82, 2.24) is 4.31 Å². The van der Waals surface area contributed by atoms with Gasteiger partial charge in [-0.3, -0.25) is 0 Å². The molecule has 0 spiro atoms. The Morgan fingerprint density at radius 1 is 1.40 bits per heavy atom. The highest BCUT2D eigenvalue weighted by Gasteiger charge is 2.35. The van der Waals surface area contributed by atoms with Crippen molar-refractivity contribution in [3.05, 3.63) is 24.3 Å². The average molecular weight is 300 g/mol. The Kier molecular flexibility index (Phi) is 4.64. The number of ether oxygens (including phenoxy) is 2. The third-order valence-electron chi connectivity index (χ3n) is 3.38. The van der Waals surface area contributed by atoms with E-state index in [4.69, 9.17) is 15.2 Å². The van der Waals surface area contributed by atoms with Gasteiger partial charge in [0.05, 0.1) is 24.7 Å². The Hall–Kier alpha value is -1.15. The highest BCUT2D eigenvalue weighted by molar-refractivity contribution is 7.89. The number of hydrogen-bond acceptors (Lipinski definition) is 5. The molecule has 0 aliphatic carbocycles. The van der Waals surface area contributed by atoms with E-state index < -0.39 is 10.0 Å². The topological polar surface area (TPSA) is 81.9 Å². The summed E-state index contributed by atoms with van der Waals surface area (Å²) < 4.78 is 37.3. The fraction of sp³-hybridized carbons (Fsp3) is 0.538. The minimum absolute atomic E-state index is 0.204. The summed E-state index contributed by atoms with van der Waals surface area (Å²) in [7, 11) is -2.00. The summed E-state index contributed by atoms with van der Waals surface area (Å²) in [6.07, 6.45) is -0.251. The lowest BCUT2D eigenvalue weighted by atomic mass is 10.2. The van der Waals surface area contributed by atoms with Crippen molar-refractivity contribution in [2.24, 2.45) is 5.73 Å². The van der Waals surface area contributed by atoms with Crippen molar-refractivity contribution in [2.75, 3.05) is 26.8 Å². The van der Waals surface area contributed by atoms with Gasteiger partial charge in [-0.15, -0.1) is 0 Å². The van der Waals surface area contributed by atoms with Crippen molar-refractivity contribution in [3.8, 4) is 5.75 Å². The maximum atomic E-state index is 12.6. The molecule has 1 fully saturated rings. The second-order valence-corrected chi connectivity index (χ2v) is 6.68. The molecule has 2 N–H and O–H groups in total. The molecule has 112 valence electrons. The van der Waals surface area contributed by atoms with E-state index in [9.17, 15) is 8.42 Å².